The van der Waals surface area contributed by atoms with Gasteiger partial charge in [0.15, 0.2) is 17.4 Å². The van der Waals surface area contributed by atoms with E-state index in [9.17, 15) is 14.0 Å². The van der Waals surface area contributed by atoms with E-state index in [4.69, 9.17) is 4.74 Å². The molecule has 3 aliphatic rings. The van der Waals surface area contributed by atoms with Gasteiger partial charge in [0.2, 0.25) is 0 Å². The number of halogens is 1. The van der Waals surface area contributed by atoms with Crippen molar-refractivity contribution in [3.05, 3.63) is 52.7 Å². The molecule has 1 saturated heterocycles. The van der Waals surface area contributed by atoms with Crippen molar-refractivity contribution in [2.24, 2.45) is 0 Å². The Labute approximate surface area is 186 Å². The molecule has 0 spiro atoms. The van der Waals surface area contributed by atoms with Crippen LogP contribution in [-0.4, -0.2) is 53.5 Å². The molecule has 1 atom stereocenters. The minimum Gasteiger partial charge on any atom is -0.488 e. The number of benzene rings is 1. The SMILES string of the molecule is CCC1=Cc2cc(N3CCOc4cc(C(=O)N5CCCC(C)(F)C5)cnc43)ccc2C1=O. The molecule has 166 valence electrons. The van der Waals surface area contributed by atoms with Gasteiger partial charge in [-0.3, -0.25) is 9.59 Å². The number of Topliss-reactive ketones (excluding diaryl/α,β-unsaturated/α-hetero) is 1. The smallest absolute Gasteiger partial charge is 0.255 e. The number of piperidine rings is 1. The van der Waals surface area contributed by atoms with Crippen molar-refractivity contribution in [2.75, 3.05) is 31.1 Å². The van der Waals surface area contributed by atoms with Crippen LogP contribution in [0.15, 0.2) is 36.0 Å². The minimum absolute atomic E-state index is 0.0943. The first-order chi connectivity index (χ1) is 15.4. The maximum Gasteiger partial charge on any atom is 0.255 e. The molecular formula is C25H26FN3O3. The molecule has 1 aromatic heterocycles. The van der Waals surface area contributed by atoms with Gasteiger partial charge in [-0.05, 0) is 62.1 Å². The molecule has 0 radical (unpaired) electrons. The van der Waals surface area contributed by atoms with Gasteiger partial charge in [-0.2, -0.15) is 0 Å². The van der Waals surface area contributed by atoms with Gasteiger partial charge in [-0.25, -0.2) is 9.37 Å². The third-order valence-electron chi connectivity index (χ3n) is 6.44. The predicted molar refractivity (Wildman–Crippen MR) is 120 cm³/mol. The Kier molecular flexibility index (Phi) is 4.99. The molecule has 0 bridgehead atoms. The zero-order chi connectivity index (χ0) is 22.5. The number of carbonyl (C=O) groups excluding carboxylic acids is 2. The highest BCUT2D eigenvalue weighted by Crippen LogP contribution is 2.38. The third kappa shape index (κ3) is 3.55. The number of alkyl halides is 1. The van der Waals surface area contributed by atoms with E-state index in [0.717, 1.165) is 22.4 Å². The van der Waals surface area contributed by atoms with Gasteiger partial charge in [0.25, 0.3) is 5.91 Å². The van der Waals surface area contributed by atoms with Crippen molar-refractivity contribution in [1.29, 1.82) is 0 Å². The maximum absolute atomic E-state index is 14.4. The van der Waals surface area contributed by atoms with E-state index >= 15 is 0 Å². The molecule has 3 heterocycles. The quantitative estimate of drug-likeness (QED) is 0.707. The molecule has 1 aromatic carbocycles. The lowest BCUT2D eigenvalue weighted by atomic mass is 9.96. The molecular weight excluding hydrogens is 409 g/mol. The molecule has 5 rings (SSSR count). The van der Waals surface area contributed by atoms with Crippen LogP contribution >= 0.6 is 0 Å². The Morgan fingerprint density at radius 2 is 2.12 bits per heavy atom. The van der Waals surface area contributed by atoms with Crippen molar-refractivity contribution in [1.82, 2.24) is 9.88 Å². The van der Waals surface area contributed by atoms with Gasteiger partial charge >= 0.3 is 0 Å². The molecule has 7 heteroatoms. The summed E-state index contributed by atoms with van der Waals surface area (Å²) in [4.78, 5) is 33.5. The van der Waals surface area contributed by atoms with E-state index in [0.29, 0.717) is 56.1 Å². The van der Waals surface area contributed by atoms with Crippen LogP contribution < -0.4 is 9.64 Å². The van der Waals surface area contributed by atoms with Gasteiger partial charge in [-0.1, -0.05) is 6.92 Å². The number of hydrogen-bond donors (Lipinski definition) is 0. The summed E-state index contributed by atoms with van der Waals surface area (Å²) in [5.74, 6) is 1.03. The van der Waals surface area contributed by atoms with Gasteiger partial charge in [0.1, 0.15) is 12.3 Å². The summed E-state index contributed by atoms with van der Waals surface area (Å²) in [6.07, 6.45) is 5.32. The molecule has 0 saturated carbocycles. The molecule has 0 N–H and O–H groups in total. The lowest BCUT2D eigenvalue weighted by Gasteiger charge is -2.35. The maximum atomic E-state index is 14.4. The van der Waals surface area contributed by atoms with E-state index in [2.05, 4.69) is 4.98 Å². The van der Waals surface area contributed by atoms with E-state index in [-0.39, 0.29) is 18.2 Å². The molecule has 2 aromatic rings. The minimum atomic E-state index is -1.36. The molecule has 1 aliphatic carbocycles. The highest BCUT2D eigenvalue weighted by molar-refractivity contribution is 6.18. The highest BCUT2D eigenvalue weighted by Gasteiger charge is 2.34. The predicted octanol–water partition coefficient (Wildman–Crippen LogP) is 4.57. The van der Waals surface area contributed by atoms with E-state index in [1.165, 1.54) is 0 Å². The van der Waals surface area contributed by atoms with E-state index in [1.54, 1.807) is 24.1 Å². The number of ketones is 1. The van der Waals surface area contributed by atoms with Crippen LogP contribution in [0.3, 0.4) is 0 Å². The molecule has 32 heavy (non-hydrogen) atoms. The molecule has 1 fully saturated rings. The van der Waals surface area contributed by atoms with Crippen LogP contribution in [-0.2, 0) is 0 Å². The number of pyridine rings is 1. The summed E-state index contributed by atoms with van der Waals surface area (Å²) in [6.45, 7) is 5.22. The van der Waals surface area contributed by atoms with Gasteiger partial charge in [0.05, 0.1) is 18.7 Å². The number of nitrogens with zero attached hydrogens (tertiary/aromatic N) is 3. The molecule has 1 unspecified atom stereocenters. The number of fused-ring (bicyclic) bond motifs is 2. The summed E-state index contributed by atoms with van der Waals surface area (Å²) in [6, 6.07) is 7.49. The van der Waals surface area contributed by atoms with Crippen molar-refractivity contribution < 1.29 is 18.7 Å². The number of ether oxygens (including phenoxy) is 1. The molecule has 6 nitrogen and oxygen atoms in total. The fraction of sp³-hybridized carbons (Fsp3) is 0.400. The average Bonchev–Trinajstić information content (AvgIpc) is 3.12. The second-order valence-corrected chi connectivity index (χ2v) is 8.91. The first-order valence-corrected chi connectivity index (χ1v) is 11.1. The Bertz CT molecular complexity index is 1140. The first-order valence-electron chi connectivity index (χ1n) is 11.1. The summed E-state index contributed by atoms with van der Waals surface area (Å²) >= 11 is 0. The zero-order valence-corrected chi connectivity index (χ0v) is 18.4. The number of carbonyl (C=O) groups is 2. The van der Waals surface area contributed by atoms with E-state index < -0.39 is 5.67 Å². The fourth-order valence-electron chi connectivity index (χ4n) is 4.75. The Hall–Kier alpha value is -3.22. The van der Waals surface area contributed by atoms with Gasteiger partial charge in [-0.15, -0.1) is 0 Å². The van der Waals surface area contributed by atoms with Crippen molar-refractivity contribution >= 4 is 29.3 Å². The number of allylic oxidation sites excluding steroid dienone is 1. The summed E-state index contributed by atoms with van der Waals surface area (Å²) < 4.78 is 20.2. The molecule has 1 amide bonds. The number of rotatable bonds is 3. The first kappa shape index (κ1) is 20.7. The van der Waals surface area contributed by atoms with Crippen LogP contribution in [0.2, 0.25) is 0 Å². The number of hydrogen-bond acceptors (Lipinski definition) is 5. The second-order valence-electron chi connectivity index (χ2n) is 8.91. The van der Waals surface area contributed by atoms with Crippen molar-refractivity contribution in [3.63, 3.8) is 0 Å². The second kappa shape index (κ2) is 7.73. The summed E-state index contributed by atoms with van der Waals surface area (Å²) in [5.41, 5.74) is 2.44. The Morgan fingerprint density at radius 3 is 2.91 bits per heavy atom. The number of anilines is 2. The van der Waals surface area contributed by atoms with Crippen LogP contribution in [0, 0.1) is 0 Å². The fourth-order valence-corrected chi connectivity index (χ4v) is 4.75. The third-order valence-corrected chi connectivity index (χ3v) is 6.44. The topological polar surface area (TPSA) is 62.7 Å². The Morgan fingerprint density at radius 1 is 1.28 bits per heavy atom. The Balaban J connectivity index is 1.43. The van der Waals surface area contributed by atoms with Crippen LogP contribution in [0.5, 0.6) is 5.75 Å². The average molecular weight is 435 g/mol. The standard InChI is InChI=1S/C25H26FN3O3/c1-3-16-11-17-12-19(5-6-20(17)22(16)30)29-9-10-32-21-13-18(14-27-23(21)29)24(31)28-8-4-7-25(2,26)15-28/h5-6,11-14H,3-4,7-10,15H2,1-2H3. The van der Waals surface area contributed by atoms with Crippen LogP contribution in [0.25, 0.3) is 6.08 Å². The number of likely N-dealkylation sites (tertiary alicyclic amines) is 1. The highest BCUT2D eigenvalue weighted by atomic mass is 19.1. The molecule has 2 aliphatic heterocycles. The number of aromatic nitrogens is 1. The van der Waals surface area contributed by atoms with Crippen LogP contribution in [0.4, 0.5) is 15.9 Å². The normalized spacial score (nSPS) is 22.2. The largest absolute Gasteiger partial charge is 0.488 e. The van der Waals surface area contributed by atoms with Gasteiger partial charge < -0.3 is 14.5 Å². The monoisotopic (exact) mass is 435 g/mol. The van der Waals surface area contributed by atoms with Crippen molar-refractivity contribution in [2.45, 2.75) is 38.8 Å². The van der Waals surface area contributed by atoms with E-state index in [1.807, 2.05) is 36.1 Å². The lowest BCUT2D eigenvalue weighted by molar-refractivity contribution is 0.0416. The van der Waals surface area contributed by atoms with Gasteiger partial charge in [0, 0.05) is 29.6 Å². The number of amides is 1. The summed E-state index contributed by atoms with van der Waals surface area (Å²) in [5, 5.41) is 0. The van der Waals surface area contributed by atoms with Crippen molar-refractivity contribution in [3.8, 4) is 5.75 Å². The zero-order valence-electron chi connectivity index (χ0n) is 18.4. The lowest BCUT2D eigenvalue weighted by Crippen LogP contribution is -2.46. The summed E-state index contributed by atoms with van der Waals surface area (Å²) in [7, 11) is 0. The van der Waals surface area contributed by atoms with Crippen LogP contribution in [0.1, 0.15) is 59.4 Å².